The van der Waals surface area contributed by atoms with E-state index in [0.29, 0.717) is 10.6 Å². The fourth-order valence-corrected chi connectivity index (χ4v) is 3.87. The van der Waals surface area contributed by atoms with E-state index in [1.165, 1.54) is 17.3 Å². The minimum atomic E-state index is -0.115. The lowest BCUT2D eigenvalue weighted by Gasteiger charge is -2.12. The van der Waals surface area contributed by atoms with Crippen molar-refractivity contribution < 1.29 is 4.79 Å². The number of aromatic nitrogens is 1. The van der Waals surface area contributed by atoms with Gasteiger partial charge < -0.3 is 5.32 Å². The zero-order valence-corrected chi connectivity index (χ0v) is 16.7. The third-order valence-electron chi connectivity index (χ3n) is 4.29. The number of pyridine rings is 1. The molecule has 28 heavy (non-hydrogen) atoms. The summed E-state index contributed by atoms with van der Waals surface area (Å²) in [6.07, 6.45) is 0.752. The summed E-state index contributed by atoms with van der Waals surface area (Å²) in [6, 6.07) is 22.0. The van der Waals surface area contributed by atoms with Crippen molar-refractivity contribution in [1.82, 2.24) is 4.98 Å². The number of carbonyl (C=O) groups excluding carboxylic acids is 1. The van der Waals surface area contributed by atoms with Crippen molar-refractivity contribution >= 4 is 23.4 Å². The molecule has 0 spiro atoms. The molecule has 0 unspecified atom stereocenters. The summed E-state index contributed by atoms with van der Waals surface area (Å²) in [4.78, 5) is 16.9. The quantitative estimate of drug-likeness (QED) is 0.612. The molecule has 1 amide bonds. The van der Waals surface area contributed by atoms with E-state index in [1.807, 2.05) is 62.4 Å². The third-order valence-corrected chi connectivity index (χ3v) is 5.27. The average Bonchev–Trinajstić information content (AvgIpc) is 2.68. The van der Waals surface area contributed by atoms with Crippen LogP contribution in [-0.4, -0.2) is 16.6 Å². The van der Waals surface area contributed by atoms with Gasteiger partial charge in [0.25, 0.3) is 0 Å². The van der Waals surface area contributed by atoms with E-state index in [2.05, 4.69) is 28.5 Å². The first-order valence-electron chi connectivity index (χ1n) is 8.99. The lowest BCUT2D eigenvalue weighted by atomic mass is 10.0. The highest BCUT2D eigenvalue weighted by Crippen LogP contribution is 2.24. The van der Waals surface area contributed by atoms with Crippen molar-refractivity contribution in [2.75, 3.05) is 11.1 Å². The van der Waals surface area contributed by atoms with Crippen LogP contribution in [0.15, 0.2) is 65.7 Å². The van der Waals surface area contributed by atoms with Crippen LogP contribution in [0, 0.1) is 25.2 Å². The van der Waals surface area contributed by atoms with Crippen molar-refractivity contribution in [3.8, 4) is 6.07 Å². The second kappa shape index (κ2) is 9.20. The highest BCUT2D eigenvalue weighted by Gasteiger charge is 2.13. The Balaban J connectivity index is 1.69. The Hall–Kier alpha value is -3.10. The van der Waals surface area contributed by atoms with Crippen LogP contribution in [0.25, 0.3) is 0 Å². The Morgan fingerprint density at radius 2 is 1.82 bits per heavy atom. The van der Waals surface area contributed by atoms with Crippen molar-refractivity contribution in [2.45, 2.75) is 25.3 Å². The van der Waals surface area contributed by atoms with Gasteiger partial charge in [-0.3, -0.25) is 4.79 Å². The molecule has 0 aliphatic carbocycles. The van der Waals surface area contributed by atoms with E-state index in [0.717, 1.165) is 28.9 Å². The minimum Gasteiger partial charge on any atom is -0.325 e. The zero-order valence-electron chi connectivity index (χ0n) is 15.9. The Morgan fingerprint density at radius 1 is 1.11 bits per heavy atom. The smallest absolute Gasteiger partial charge is 0.234 e. The molecule has 1 heterocycles. The van der Waals surface area contributed by atoms with Crippen molar-refractivity contribution in [3.05, 3.63) is 88.6 Å². The Morgan fingerprint density at radius 3 is 2.57 bits per heavy atom. The second-order valence-corrected chi connectivity index (χ2v) is 7.49. The van der Waals surface area contributed by atoms with Gasteiger partial charge in [-0.25, -0.2) is 4.98 Å². The molecule has 0 aliphatic rings. The van der Waals surface area contributed by atoms with Crippen LogP contribution in [0.4, 0.5) is 5.69 Å². The molecular weight excluding hydrogens is 366 g/mol. The molecule has 2 aromatic carbocycles. The molecule has 5 heteroatoms. The van der Waals surface area contributed by atoms with Gasteiger partial charge >= 0.3 is 0 Å². The second-order valence-electron chi connectivity index (χ2n) is 6.53. The third kappa shape index (κ3) is 4.99. The van der Waals surface area contributed by atoms with Crippen LogP contribution in [0.5, 0.6) is 0 Å². The molecule has 4 nitrogen and oxygen atoms in total. The van der Waals surface area contributed by atoms with E-state index >= 15 is 0 Å². The first-order chi connectivity index (χ1) is 13.6. The van der Waals surface area contributed by atoms with Gasteiger partial charge in [0.05, 0.1) is 11.3 Å². The molecule has 0 atom stereocenters. The van der Waals surface area contributed by atoms with Crippen LogP contribution in [0.1, 0.15) is 27.9 Å². The van der Waals surface area contributed by atoms with E-state index in [-0.39, 0.29) is 11.7 Å². The zero-order chi connectivity index (χ0) is 19.9. The van der Waals surface area contributed by atoms with Crippen LogP contribution in [0.2, 0.25) is 0 Å². The number of carbonyl (C=O) groups is 1. The highest BCUT2D eigenvalue weighted by molar-refractivity contribution is 8.00. The van der Waals surface area contributed by atoms with Crippen molar-refractivity contribution in [2.24, 2.45) is 0 Å². The SMILES string of the molecule is Cc1cc(C)c(C#N)c(SCC(=O)Nc2ccccc2Cc2ccccc2)n1. The summed E-state index contributed by atoms with van der Waals surface area (Å²) in [7, 11) is 0. The number of rotatable bonds is 6. The van der Waals surface area contributed by atoms with Crippen LogP contribution >= 0.6 is 11.8 Å². The van der Waals surface area contributed by atoms with Gasteiger partial charge in [-0.05, 0) is 49.1 Å². The number of nitrogens with zero attached hydrogens (tertiary/aromatic N) is 2. The van der Waals surface area contributed by atoms with Gasteiger partial charge in [-0.2, -0.15) is 5.26 Å². The fourth-order valence-electron chi connectivity index (χ4n) is 2.98. The number of hydrogen-bond acceptors (Lipinski definition) is 4. The minimum absolute atomic E-state index is 0.115. The molecule has 0 saturated carbocycles. The number of hydrogen-bond donors (Lipinski definition) is 1. The number of thioether (sulfide) groups is 1. The maximum absolute atomic E-state index is 12.5. The topological polar surface area (TPSA) is 65.8 Å². The molecule has 0 fully saturated rings. The van der Waals surface area contributed by atoms with Gasteiger partial charge in [0, 0.05) is 11.4 Å². The number of amides is 1. The van der Waals surface area contributed by atoms with Crippen LogP contribution in [0.3, 0.4) is 0 Å². The highest BCUT2D eigenvalue weighted by atomic mass is 32.2. The Bertz CT molecular complexity index is 1030. The molecule has 1 N–H and O–H groups in total. The molecular formula is C23H21N3OS. The molecule has 3 aromatic rings. The molecule has 3 rings (SSSR count). The summed E-state index contributed by atoms with van der Waals surface area (Å²) in [5.74, 6) is 0.0832. The van der Waals surface area contributed by atoms with Crippen molar-refractivity contribution in [1.29, 1.82) is 5.26 Å². The van der Waals surface area contributed by atoms with E-state index < -0.39 is 0 Å². The van der Waals surface area contributed by atoms with Crippen LogP contribution < -0.4 is 5.32 Å². The molecule has 0 saturated heterocycles. The molecule has 0 aliphatic heterocycles. The normalized spacial score (nSPS) is 10.3. The van der Waals surface area contributed by atoms with Gasteiger partial charge in [0.15, 0.2) is 0 Å². The van der Waals surface area contributed by atoms with E-state index in [9.17, 15) is 10.1 Å². The fraction of sp³-hybridized carbons (Fsp3) is 0.174. The van der Waals surface area contributed by atoms with Crippen molar-refractivity contribution in [3.63, 3.8) is 0 Å². The summed E-state index contributed by atoms with van der Waals surface area (Å²) in [6.45, 7) is 3.77. The summed E-state index contributed by atoms with van der Waals surface area (Å²) in [5, 5.41) is 13.0. The van der Waals surface area contributed by atoms with E-state index in [4.69, 9.17) is 0 Å². The largest absolute Gasteiger partial charge is 0.325 e. The first-order valence-corrected chi connectivity index (χ1v) is 9.98. The Labute approximate surface area is 169 Å². The van der Waals surface area contributed by atoms with Gasteiger partial charge in [0.2, 0.25) is 5.91 Å². The number of benzene rings is 2. The monoisotopic (exact) mass is 387 g/mol. The van der Waals surface area contributed by atoms with Gasteiger partial charge in [-0.1, -0.05) is 60.3 Å². The summed E-state index contributed by atoms with van der Waals surface area (Å²) in [5.41, 5.74) is 5.32. The number of anilines is 1. The molecule has 0 radical (unpaired) electrons. The summed E-state index contributed by atoms with van der Waals surface area (Å²) < 4.78 is 0. The summed E-state index contributed by atoms with van der Waals surface area (Å²) >= 11 is 1.29. The lowest BCUT2D eigenvalue weighted by Crippen LogP contribution is -2.15. The number of nitriles is 1. The number of nitrogens with one attached hydrogen (secondary N) is 1. The standard InChI is InChI=1S/C23H21N3OS/c1-16-12-17(2)25-23(20(16)14-24)28-15-22(27)26-21-11-7-6-10-19(21)13-18-8-4-3-5-9-18/h3-12H,13,15H2,1-2H3,(H,26,27). The predicted molar refractivity (Wildman–Crippen MR) is 113 cm³/mol. The van der Waals surface area contributed by atoms with Gasteiger partial charge in [-0.15, -0.1) is 0 Å². The van der Waals surface area contributed by atoms with Gasteiger partial charge in [0.1, 0.15) is 11.1 Å². The predicted octanol–water partition coefficient (Wildman–Crippen LogP) is 4.89. The van der Waals surface area contributed by atoms with E-state index in [1.54, 1.807) is 0 Å². The first kappa shape index (κ1) is 19.7. The number of para-hydroxylation sites is 1. The molecule has 1 aromatic heterocycles. The molecule has 140 valence electrons. The Kier molecular flexibility index (Phi) is 6.46. The maximum Gasteiger partial charge on any atom is 0.234 e. The average molecular weight is 388 g/mol. The molecule has 0 bridgehead atoms. The van der Waals surface area contributed by atoms with Crippen LogP contribution in [-0.2, 0) is 11.2 Å². The maximum atomic E-state index is 12.5. The number of aryl methyl sites for hydroxylation is 2. The lowest BCUT2D eigenvalue weighted by molar-refractivity contribution is -0.113.